The number of hydrogen-bond acceptors (Lipinski definition) is 5. The molecule has 1 aliphatic heterocycles. The van der Waals surface area contributed by atoms with Crippen molar-refractivity contribution in [2.75, 3.05) is 31.6 Å². The molecule has 0 bridgehead atoms. The van der Waals surface area contributed by atoms with Crippen LogP contribution >= 0.6 is 0 Å². The molecule has 1 atom stereocenters. The fourth-order valence-electron chi connectivity index (χ4n) is 4.45. The molecule has 3 rings (SSSR count). The molecular formula is C26H31F6N3O4. The maximum Gasteiger partial charge on any atom is 0.430 e. The van der Waals surface area contributed by atoms with E-state index in [1.165, 1.54) is 12.1 Å². The Kier molecular flexibility index (Phi) is 9.86. The van der Waals surface area contributed by atoms with Crippen LogP contribution in [0, 0.1) is 5.92 Å². The first kappa shape index (κ1) is 30.7. The molecule has 0 spiro atoms. The predicted molar refractivity (Wildman–Crippen MR) is 131 cm³/mol. The molecule has 1 fully saturated rings. The number of piperidine rings is 1. The highest BCUT2D eigenvalue weighted by Gasteiger charge is 2.71. The van der Waals surface area contributed by atoms with Crippen LogP contribution in [0.1, 0.15) is 29.5 Å². The van der Waals surface area contributed by atoms with Gasteiger partial charge in [-0.15, -0.1) is 0 Å². The van der Waals surface area contributed by atoms with Gasteiger partial charge in [0.2, 0.25) is 0 Å². The minimum Gasteiger partial charge on any atom is -0.394 e. The first-order chi connectivity index (χ1) is 18.2. The van der Waals surface area contributed by atoms with Crippen molar-refractivity contribution in [2.24, 2.45) is 5.92 Å². The van der Waals surface area contributed by atoms with Gasteiger partial charge in [-0.3, -0.25) is 4.90 Å². The Labute approximate surface area is 221 Å². The van der Waals surface area contributed by atoms with Gasteiger partial charge in [0.25, 0.3) is 5.60 Å². The van der Waals surface area contributed by atoms with Crippen molar-refractivity contribution in [3.8, 4) is 0 Å². The van der Waals surface area contributed by atoms with Crippen LogP contribution in [0.5, 0.6) is 0 Å². The summed E-state index contributed by atoms with van der Waals surface area (Å²) in [7, 11) is 0. The van der Waals surface area contributed by atoms with E-state index < -0.39 is 42.3 Å². The standard InChI is InChI=1S/C26H31F6N3O4/c27-25(28,29)24(39,26(30,31)32)20-5-1-19(2-6-20)15-35-11-9-18(10-12-35)13-17-3-7-21(8-4-17)34-23(38)33-14-22(37)16-36/h1-8,18,22,36-37,39H,9-16H2,(H2,33,34,38). The number of urea groups is 1. The van der Waals surface area contributed by atoms with Crippen LogP contribution in [0.25, 0.3) is 0 Å². The second-order valence-electron chi connectivity index (χ2n) is 9.69. The van der Waals surface area contributed by atoms with E-state index >= 15 is 0 Å². The maximum atomic E-state index is 13.1. The van der Waals surface area contributed by atoms with Gasteiger partial charge in [0.1, 0.15) is 0 Å². The second kappa shape index (κ2) is 12.5. The van der Waals surface area contributed by atoms with E-state index in [2.05, 4.69) is 15.5 Å². The number of rotatable bonds is 9. The molecule has 1 unspecified atom stereocenters. The molecule has 0 aromatic heterocycles. The summed E-state index contributed by atoms with van der Waals surface area (Å²) in [5.41, 5.74) is -4.01. The first-order valence-corrected chi connectivity index (χ1v) is 12.3. The van der Waals surface area contributed by atoms with Crippen molar-refractivity contribution in [1.29, 1.82) is 0 Å². The topological polar surface area (TPSA) is 105 Å². The van der Waals surface area contributed by atoms with Gasteiger partial charge in [-0.2, -0.15) is 26.3 Å². The largest absolute Gasteiger partial charge is 0.430 e. The van der Waals surface area contributed by atoms with Crippen molar-refractivity contribution in [3.05, 3.63) is 65.2 Å². The summed E-state index contributed by atoms with van der Waals surface area (Å²) >= 11 is 0. The molecule has 2 amide bonds. The average Bonchev–Trinajstić information content (AvgIpc) is 2.88. The molecule has 1 saturated heterocycles. The molecule has 0 radical (unpaired) electrons. The molecule has 1 heterocycles. The van der Waals surface area contributed by atoms with Crippen molar-refractivity contribution >= 4 is 11.7 Å². The van der Waals surface area contributed by atoms with Crippen LogP contribution in [-0.4, -0.2) is 70.9 Å². The predicted octanol–water partition coefficient (Wildman–Crippen LogP) is 3.93. The summed E-state index contributed by atoms with van der Waals surface area (Å²) in [5, 5.41) is 32.6. The van der Waals surface area contributed by atoms with E-state index in [9.17, 15) is 41.4 Å². The molecule has 7 nitrogen and oxygen atoms in total. The molecule has 0 saturated carbocycles. The molecule has 39 heavy (non-hydrogen) atoms. The third-order valence-electron chi connectivity index (χ3n) is 6.75. The lowest BCUT2D eigenvalue weighted by atomic mass is 9.89. The molecular weight excluding hydrogens is 532 g/mol. The van der Waals surface area contributed by atoms with E-state index in [4.69, 9.17) is 5.11 Å². The zero-order valence-electron chi connectivity index (χ0n) is 20.9. The number of carbonyl (C=O) groups excluding carboxylic acids is 1. The fourth-order valence-corrected chi connectivity index (χ4v) is 4.45. The van der Waals surface area contributed by atoms with Gasteiger partial charge in [0, 0.05) is 24.3 Å². The van der Waals surface area contributed by atoms with E-state index in [0.717, 1.165) is 24.8 Å². The third-order valence-corrected chi connectivity index (χ3v) is 6.75. The van der Waals surface area contributed by atoms with Crippen molar-refractivity contribution in [3.63, 3.8) is 0 Å². The Hall–Kier alpha value is -2.87. The monoisotopic (exact) mass is 563 g/mol. The Morgan fingerprint density at radius 3 is 1.97 bits per heavy atom. The number of alkyl halides is 6. The van der Waals surface area contributed by atoms with E-state index in [1.807, 2.05) is 12.1 Å². The maximum absolute atomic E-state index is 13.1. The van der Waals surface area contributed by atoms with E-state index in [-0.39, 0.29) is 6.54 Å². The first-order valence-electron chi connectivity index (χ1n) is 12.3. The summed E-state index contributed by atoms with van der Waals surface area (Å²) < 4.78 is 78.4. The van der Waals surface area contributed by atoms with Gasteiger partial charge >= 0.3 is 18.4 Å². The molecule has 216 valence electrons. The number of nitrogens with one attached hydrogen (secondary N) is 2. The van der Waals surface area contributed by atoms with Crippen molar-refractivity contribution in [1.82, 2.24) is 10.2 Å². The Morgan fingerprint density at radius 2 is 1.46 bits per heavy atom. The van der Waals surface area contributed by atoms with Gasteiger partial charge in [-0.1, -0.05) is 36.4 Å². The Bertz CT molecular complexity index is 1060. The number of hydrogen-bond donors (Lipinski definition) is 5. The lowest BCUT2D eigenvalue weighted by Gasteiger charge is -2.33. The SMILES string of the molecule is O=C(NCC(O)CO)Nc1ccc(CC2CCN(Cc3ccc(C(O)(C(F)(F)F)C(F)(F)F)cc3)CC2)cc1. The normalized spacial score (nSPS) is 16.6. The smallest absolute Gasteiger partial charge is 0.394 e. The van der Waals surface area contributed by atoms with Crippen LogP contribution in [0.3, 0.4) is 0 Å². The van der Waals surface area contributed by atoms with Gasteiger partial charge in [0.05, 0.1) is 12.7 Å². The van der Waals surface area contributed by atoms with Gasteiger partial charge in [0.15, 0.2) is 0 Å². The van der Waals surface area contributed by atoms with Crippen LogP contribution in [0.2, 0.25) is 0 Å². The van der Waals surface area contributed by atoms with E-state index in [0.29, 0.717) is 48.9 Å². The average molecular weight is 564 g/mol. The molecule has 0 aliphatic carbocycles. The summed E-state index contributed by atoms with van der Waals surface area (Å²) in [5.74, 6) is 0.388. The highest BCUT2D eigenvalue weighted by molar-refractivity contribution is 5.89. The summed E-state index contributed by atoms with van der Waals surface area (Å²) in [6.45, 7) is 1.25. The van der Waals surface area contributed by atoms with Gasteiger partial charge in [-0.05, 0) is 61.5 Å². The molecule has 13 heteroatoms. The number of nitrogens with zero attached hydrogens (tertiary/aromatic N) is 1. The quantitative estimate of drug-likeness (QED) is 0.298. The Balaban J connectivity index is 1.47. The minimum absolute atomic E-state index is 0.0795. The lowest BCUT2D eigenvalue weighted by Crippen LogP contribution is -2.53. The number of anilines is 1. The van der Waals surface area contributed by atoms with Crippen LogP contribution < -0.4 is 10.6 Å². The number of likely N-dealkylation sites (tertiary alicyclic amines) is 1. The molecule has 2 aromatic carbocycles. The van der Waals surface area contributed by atoms with Crippen LogP contribution in [0.4, 0.5) is 36.8 Å². The lowest BCUT2D eigenvalue weighted by molar-refractivity contribution is -0.376. The number of amides is 2. The highest BCUT2D eigenvalue weighted by atomic mass is 19.4. The summed E-state index contributed by atoms with van der Waals surface area (Å²) in [4.78, 5) is 13.9. The fraction of sp³-hybridized carbons (Fsp3) is 0.500. The van der Waals surface area contributed by atoms with Gasteiger partial charge in [-0.25, -0.2) is 4.79 Å². The second-order valence-corrected chi connectivity index (χ2v) is 9.69. The minimum atomic E-state index is -5.91. The third kappa shape index (κ3) is 7.84. The molecule has 5 N–H and O–H groups in total. The zero-order valence-corrected chi connectivity index (χ0v) is 20.9. The van der Waals surface area contributed by atoms with Crippen molar-refractivity contribution in [2.45, 2.75) is 49.9 Å². The van der Waals surface area contributed by atoms with E-state index in [1.54, 1.807) is 12.1 Å². The number of aliphatic hydroxyl groups excluding tert-OH is 2. The van der Waals surface area contributed by atoms with Gasteiger partial charge < -0.3 is 26.0 Å². The summed E-state index contributed by atoms with van der Waals surface area (Å²) in [6.07, 6.45) is -10.3. The number of aliphatic hydroxyl groups is 3. The molecule has 1 aliphatic rings. The Morgan fingerprint density at radius 1 is 0.923 bits per heavy atom. The summed E-state index contributed by atoms with van der Waals surface area (Å²) in [6, 6.07) is 10.5. The highest BCUT2D eigenvalue weighted by Crippen LogP contribution is 2.50. The van der Waals surface area contributed by atoms with Crippen LogP contribution in [-0.2, 0) is 18.6 Å². The number of carbonyl (C=O) groups is 1. The zero-order chi connectivity index (χ0) is 28.8. The number of halogens is 6. The molecule has 2 aromatic rings. The van der Waals surface area contributed by atoms with Crippen molar-refractivity contribution < 1.29 is 46.5 Å². The van der Waals surface area contributed by atoms with Crippen LogP contribution in [0.15, 0.2) is 48.5 Å². The number of benzene rings is 2.